The molecule has 146 valence electrons. The number of carboxylic acids is 2. The summed E-state index contributed by atoms with van der Waals surface area (Å²) < 4.78 is 5.33. The minimum absolute atomic E-state index is 0.0836. The van der Waals surface area contributed by atoms with Crippen LogP contribution in [0.15, 0.2) is 42.5 Å². The lowest BCUT2D eigenvalue weighted by molar-refractivity contribution is -0.164. The molecular formula is C21H21NO6. The zero-order chi connectivity index (χ0) is 20.3. The predicted octanol–water partition coefficient (Wildman–Crippen LogP) is 2.21. The molecule has 3 rings (SSSR count). The van der Waals surface area contributed by atoms with E-state index in [4.69, 9.17) is 9.84 Å². The molecule has 0 saturated carbocycles. The molecule has 0 heterocycles. The van der Waals surface area contributed by atoms with E-state index in [1.54, 1.807) is 0 Å². The molecule has 7 nitrogen and oxygen atoms in total. The first-order chi connectivity index (χ1) is 13.4. The summed E-state index contributed by atoms with van der Waals surface area (Å²) in [5.74, 6) is -3.73. The first kappa shape index (κ1) is 19.6. The standard InChI is InChI=1S/C21H21NO6/c1-2-21(19(25)26,22-11-18(23)24)20(27)28-12-14-7-5-9-16-15-8-4-3-6-13(15)10-17(14)16/h3-9,22H,2,10-12H2,1H3,(H,23,24)(H,25,26). The number of hydrogen-bond acceptors (Lipinski definition) is 5. The maximum Gasteiger partial charge on any atom is 0.338 e. The number of nitrogens with one attached hydrogen (secondary N) is 1. The van der Waals surface area contributed by atoms with Crippen LogP contribution in [0.2, 0.25) is 0 Å². The van der Waals surface area contributed by atoms with Gasteiger partial charge in [0, 0.05) is 0 Å². The Morgan fingerprint density at radius 3 is 2.46 bits per heavy atom. The number of carbonyl (C=O) groups is 3. The van der Waals surface area contributed by atoms with Gasteiger partial charge < -0.3 is 14.9 Å². The molecule has 0 fully saturated rings. The Hall–Kier alpha value is -3.19. The molecule has 0 saturated heterocycles. The van der Waals surface area contributed by atoms with E-state index in [0.29, 0.717) is 6.42 Å². The molecule has 7 heteroatoms. The van der Waals surface area contributed by atoms with E-state index in [9.17, 15) is 19.5 Å². The van der Waals surface area contributed by atoms with Crippen LogP contribution in [-0.2, 0) is 32.1 Å². The Balaban J connectivity index is 1.79. The molecule has 0 bridgehead atoms. The van der Waals surface area contributed by atoms with Gasteiger partial charge in [-0.2, -0.15) is 0 Å². The third-order valence-electron chi connectivity index (χ3n) is 5.09. The molecule has 0 aliphatic heterocycles. The van der Waals surface area contributed by atoms with Crippen molar-refractivity contribution in [1.29, 1.82) is 0 Å². The minimum Gasteiger partial charge on any atom is -0.480 e. The molecule has 0 aromatic heterocycles. The maximum absolute atomic E-state index is 12.6. The molecule has 1 aliphatic carbocycles. The molecular weight excluding hydrogens is 362 g/mol. The zero-order valence-corrected chi connectivity index (χ0v) is 15.4. The summed E-state index contributed by atoms with van der Waals surface area (Å²) in [5, 5.41) is 20.7. The highest BCUT2D eigenvalue weighted by atomic mass is 16.5. The van der Waals surface area contributed by atoms with Gasteiger partial charge in [0.25, 0.3) is 0 Å². The quantitative estimate of drug-likeness (QED) is 0.404. The summed E-state index contributed by atoms with van der Waals surface area (Å²) in [6.45, 7) is 0.742. The van der Waals surface area contributed by atoms with Crippen molar-refractivity contribution in [2.24, 2.45) is 0 Å². The van der Waals surface area contributed by atoms with Crippen molar-refractivity contribution in [2.45, 2.75) is 31.9 Å². The molecule has 28 heavy (non-hydrogen) atoms. The average molecular weight is 383 g/mol. The Labute approximate surface area is 162 Å². The third-order valence-corrected chi connectivity index (χ3v) is 5.09. The summed E-state index contributed by atoms with van der Waals surface area (Å²) in [7, 11) is 0. The summed E-state index contributed by atoms with van der Waals surface area (Å²) in [4.78, 5) is 35.1. The lowest BCUT2D eigenvalue weighted by Crippen LogP contribution is -2.59. The van der Waals surface area contributed by atoms with Gasteiger partial charge in [-0.1, -0.05) is 49.4 Å². The highest BCUT2D eigenvalue weighted by Crippen LogP contribution is 2.38. The van der Waals surface area contributed by atoms with Crippen molar-refractivity contribution in [3.05, 3.63) is 59.2 Å². The molecule has 3 N–H and O–H groups in total. The van der Waals surface area contributed by atoms with Crippen LogP contribution in [0.1, 0.15) is 30.0 Å². The number of rotatable bonds is 8. The van der Waals surface area contributed by atoms with Gasteiger partial charge in [-0.3, -0.25) is 10.1 Å². The zero-order valence-electron chi connectivity index (χ0n) is 15.4. The van der Waals surface area contributed by atoms with E-state index in [-0.39, 0.29) is 13.0 Å². The van der Waals surface area contributed by atoms with Crippen LogP contribution in [0.3, 0.4) is 0 Å². The lowest BCUT2D eigenvalue weighted by atomic mass is 9.96. The Bertz CT molecular complexity index is 938. The van der Waals surface area contributed by atoms with E-state index in [1.807, 2.05) is 42.5 Å². The second-order valence-corrected chi connectivity index (χ2v) is 6.66. The van der Waals surface area contributed by atoms with Crippen molar-refractivity contribution in [1.82, 2.24) is 5.32 Å². The topological polar surface area (TPSA) is 113 Å². The largest absolute Gasteiger partial charge is 0.480 e. The second-order valence-electron chi connectivity index (χ2n) is 6.66. The predicted molar refractivity (Wildman–Crippen MR) is 101 cm³/mol. The molecule has 1 aliphatic rings. The Morgan fingerprint density at radius 1 is 1.07 bits per heavy atom. The molecule has 2 aromatic rings. The third kappa shape index (κ3) is 3.48. The van der Waals surface area contributed by atoms with Crippen molar-refractivity contribution in [3.63, 3.8) is 0 Å². The number of esters is 1. The van der Waals surface area contributed by atoms with Crippen LogP contribution in [0.25, 0.3) is 11.1 Å². The number of carbonyl (C=O) groups excluding carboxylic acids is 1. The number of hydrogen-bond donors (Lipinski definition) is 3. The van der Waals surface area contributed by atoms with Gasteiger partial charge in [0.1, 0.15) is 6.61 Å². The fraction of sp³-hybridized carbons (Fsp3) is 0.286. The molecule has 0 amide bonds. The maximum atomic E-state index is 12.6. The second kappa shape index (κ2) is 7.82. The van der Waals surface area contributed by atoms with Crippen molar-refractivity contribution < 1.29 is 29.3 Å². The molecule has 0 spiro atoms. The van der Waals surface area contributed by atoms with Gasteiger partial charge >= 0.3 is 17.9 Å². The summed E-state index contributed by atoms with van der Waals surface area (Å²) >= 11 is 0. The van der Waals surface area contributed by atoms with Crippen molar-refractivity contribution in [2.75, 3.05) is 6.54 Å². The van der Waals surface area contributed by atoms with Crippen molar-refractivity contribution in [3.8, 4) is 11.1 Å². The molecule has 1 atom stereocenters. The monoisotopic (exact) mass is 383 g/mol. The van der Waals surface area contributed by atoms with Crippen molar-refractivity contribution >= 4 is 17.9 Å². The van der Waals surface area contributed by atoms with E-state index in [2.05, 4.69) is 5.32 Å². The summed E-state index contributed by atoms with van der Waals surface area (Å²) in [6, 6.07) is 13.8. The highest BCUT2D eigenvalue weighted by molar-refractivity contribution is 6.04. The summed E-state index contributed by atoms with van der Waals surface area (Å²) in [6.07, 6.45) is 0.571. The normalized spacial score (nSPS) is 13.9. The number of carboxylic acid groups (broad SMARTS) is 2. The van der Waals surface area contributed by atoms with E-state index < -0.39 is 30.0 Å². The fourth-order valence-electron chi connectivity index (χ4n) is 3.51. The van der Waals surface area contributed by atoms with Gasteiger partial charge in [0.2, 0.25) is 5.54 Å². The number of benzene rings is 2. The average Bonchev–Trinajstić information content (AvgIpc) is 3.06. The molecule has 2 aromatic carbocycles. The number of fused-ring (bicyclic) bond motifs is 3. The molecule has 1 unspecified atom stereocenters. The Morgan fingerprint density at radius 2 is 1.79 bits per heavy atom. The van der Waals surface area contributed by atoms with Crippen LogP contribution < -0.4 is 5.32 Å². The van der Waals surface area contributed by atoms with Gasteiger partial charge in [-0.05, 0) is 40.7 Å². The number of aliphatic carboxylic acids is 2. The smallest absolute Gasteiger partial charge is 0.338 e. The van der Waals surface area contributed by atoms with Crippen LogP contribution in [0, 0.1) is 0 Å². The first-order valence-corrected chi connectivity index (χ1v) is 8.95. The van der Waals surface area contributed by atoms with Gasteiger partial charge in [0.05, 0.1) is 6.54 Å². The van der Waals surface area contributed by atoms with E-state index in [0.717, 1.165) is 22.3 Å². The Kier molecular flexibility index (Phi) is 5.46. The highest BCUT2D eigenvalue weighted by Gasteiger charge is 2.46. The van der Waals surface area contributed by atoms with Crippen LogP contribution >= 0.6 is 0 Å². The SMILES string of the molecule is CCC(NCC(=O)O)(C(=O)O)C(=O)OCc1cccc2c1Cc1ccccc1-2. The van der Waals surface area contributed by atoms with E-state index in [1.165, 1.54) is 12.5 Å². The fourth-order valence-corrected chi connectivity index (χ4v) is 3.51. The number of ether oxygens (including phenoxy) is 1. The molecule has 0 radical (unpaired) electrons. The van der Waals surface area contributed by atoms with Crippen LogP contribution in [-0.4, -0.2) is 40.2 Å². The van der Waals surface area contributed by atoms with Crippen LogP contribution in [0.4, 0.5) is 0 Å². The minimum atomic E-state index is -2.10. The summed E-state index contributed by atoms with van der Waals surface area (Å²) in [5.41, 5.74) is 3.16. The first-order valence-electron chi connectivity index (χ1n) is 8.95. The van der Waals surface area contributed by atoms with Gasteiger partial charge in [0.15, 0.2) is 0 Å². The van der Waals surface area contributed by atoms with Crippen LogP contribution in [0.5, 0.6) is 0 Å². The van der Waals surface area contributed by atoms with E-state index >= 15 is 0 Å². The van der Waals surface area contributed by atoms with Gasteiger partial charge in [-0.15, -0.1) is 0 Å². The lowest BCUT2D eigenvalue weighted by Gasteiger charge is -2.26. The van der Waals surface area contributed by atoms with Gasteiger partial charge in [-0.25, -0.2) is 9.59 Å².